The lowest BCUT2D eigenvalue weighted by Crippen LogP contribution is -2.24. The zero-order valence-electron chi connectivity index (χ0n) is 14.5. The number of rotatable bonds is 6. The molecular formula is C17H19ClN2O3S2. The van der Waals surface area contributed by atoms with Crippen LogP contribution >= 0.6 is 34.7 Å². The number of carbonyl (C=O) groups excluding carboxylic acids is 2. The predicted molar refractivity (Wildman–Crippen MR) is 104 cm³/mol. The number of nitrogens with zero attached hydrogens (tertiary/aromatic N) is 2. The number of aryl methyl sites for hydroxylation is 2. The molecule has 1 aromatic carbocycles. The van der Waals surface area contributed by atoms with Gasteiger partial charge in [0.1, 0.15) is 0 Å². The second-order valence-electron chi connectivity index (χ2n) is 5.46. The Hall–Kier alpha value is -1.57. The zero-order valence-corrected chi connectivity index (χ0v) is 16.8. The Kier molecular flexibility index (Phi) is 6.87. The van der Waals surface area contributed by atoms with Crippen LogP contribution in [0.2, 0.25) is 5.02 Å². The first kappa shape index (κ1) is 19.8. The SMILES string of the molecule is COC(=O)CSCc1csc(N(C(C)=O)c2c(C)cc(C)cc2Cl)n1. The highest BCUT2D eigenvalue weighted by atomic mass is 35.5. The van der Waals surface area contributed by atoms with Crippen LogP contribution in [0.15, 0.2) is 17.5 Å². The lowest BCUT2D eigenvalue weighted by molar-refractivity contribution is -0.137. The van der Waals surface area contributed by atoms with Crippen molar-refractivity contribution >= 4 is 57.4 Å². The predicted octanol–water partition coefficient (Wildman–Crippen LogP) is 4.50. The summed E-state index contributed by atoms with van der Waals surface area (Å²) in [5, 5.41) is 2.96. The van der Waals surface area contributed by atoms with E-state index >= 15 is 0 Å². The van der Waals surface area contributed by atoms with Crippen LogP contribution in [0.5, 0.6) is 0 Å². The van der Waals surface area contributed by atoms with E-state index in [9.17, 15) is 9.59 Å². The molecule has 5 nitrogen and oxygen atoms in total. The number of thiazole rings is 1. The van der Waals surface area contributed by atoms with Crippen molar-refractivity contribution in [1.29, 1.82) is 0 Å². The minimum absolute atomic E-state index is 0.156. The number of thioether (sulfide) groups is 1. The Balaban J connectivity index is 2.25. The number of benzene rings is 1. The van der Waals surface area contributed by atoms with Gasteiger partial charge < -0.3 is 4.74 Å². The maximum atomic E-state index is 12.3. The van der Waals surface area contributed by atoms with E-state index < -0.39 is 0 Å². The van der Waals surface area contributed by atoms with Crippen LogP contribution in [0.4, 0.5) is 10.8 Å². The largest absolute Gasteiger partial charge is 0.468 e. The first-order chi connectivity index (χ1) is 11.8. The molecule has 0 aliphatic carbocycles. The number of esters is 1. The van der Waals surface area contributed by atoms with Crippen molar-refractivity contribution in [3.63, 3.8) is 0 Å². The molecule has 2 aromatic rings. The second-order valence-corrected chi connectivity index (χ2v) is 7.69. The van der Waals surface area contributed by atoms with Gasteiger partial charge in [-0.3, -0.25) is 14.5 Å². The van der Waals surface area contributed by atoms with Crippen molar-refractivity contribution in [2.24, 2.45) is 0 Å². The summed E-state index contributed by atoms with van der Waals surface area (Å²) in [7, 11) is 1.36. The Morgan fingerprint density at radius 3 is 2.68 bits per heavy atom. The Morgan fingerprint density at radius 1 is 1.36 bits per heavy atom. The number of ether oxygens (including phenoxy) is 1. The summed E-state index contributed by atoms with van der Waals surface area (Å²) in [6, 6.07) is 3.82. The van der Waals surface area contributed by atoms with Gasteiger partial charge in [0.2, 0.25) is 5.91 Å². The fourth-order valence-corrected chi connectivity index (χ4v) is 4.47. The van der Waals surface area contributed by atoms with Crippen LogP contribution in [-0.2, 0) is 20.1 Å². The molecule has 0 atom stereocenters. The normalized spacial score (nSPS) is 10.6. The van der Waals surface area contributed by atoms with Gasteiger partial charge >= 0.3 is 5.97 Å². The summed E-state index contributed by atoms with van der Waals surface area (Å²) in [4.78, 5) is 29.5. The maximum absolute atomic E-state index is 12.3. The van der Waals surface area contributed by atoms with Gasteiger partial charge in [0.15, 0.2) is 5.13 Å². The number of methoxy groups -OCH3 is 1. The van der Waals surface area contributed by atoms with Gasteiger partial charge in [0, 0.05) is 18.1 Å². The summed E-state index contributed by atoms with van der Waals surface area (Å²) in [5.41, 5.74) is 3.41. The Morgan fingerprint density at radius 2 is 2.08 bits per heavy atom. The van der Waals surface area contributed by atoms with Crippen LogP contribution < -0.4 is 4.90 Å². The van der Waals surface area contributed by atoms with Crippen LogP contribution in [0.1, 0.15) is 23.7 Å². The van der Waals surface area contributed by atoms with Crippen molar-refractivity contribution in [2.45, 2.75) is 26.5 Å². The van der Waals surface area contributed by atoms with Crippen molar-refractivity contribution in [1.82, 2.24) is 4.98 Å². The number of hydrogen-bond acceptors (Lipinski definition) is 6. The summed E-state index contributed by atoms with van der Waals surface area (Å²) in [6.07, 6.45) is 0. The molecule has 0 aliphatic heterocycles. The first-order valence-electron chi connectivity index (χ1n) is 7.50. The number of hydrogen-bond donors (Lipinski definition) is 0. The quantitative estimate of drug-likeness (QED) is 0.670. The third-order valence-corrected chi connectivity index (χ3v) is 5.47. The van der Waals surface area contributed by atoms with Crippen molar-refractivity contribution in [2.75, 3.05) is 17.8 Å². The molecule has 25 heavy (non-hydrogen) atoms. The van der Waals surface area contributed by atoms with Gasteiger partial charge in [-0.1, -0.05) is 17.7 Å². The van der Waals surface area contributed by atoms with E-state index in [-0.39, 0.29) is 17.6 Å². The molecule has 0 N–H and O–H groups in total. The number of aromatic nitrogens is 1. The smallest absolute Gasteiger partial charge is 0.315 e. The van der Waals surface area contributed by atoms with Gasteiger partial charge in [-0.15, -0.1) is 23.1 Å². The topological polar surface area (TPSA) is 59.5 Å². The zero-order chi connectivity index (χ0) is 18.6. The summed E-state index contributed by atoms with van der Waals surface area (Å²) >= 11 is 9.18. The van der Waals surface area contributed by atoms with Crippen LogP contribution in [0, 0.1) is 13.8 Å². The van der Waals surface area contributed by atoms with Gasteiger partial charge in [-0.05, 0) is 31.0 Å². The third kappa shape index (κ3) is 4.96. The monoisotopic (exact) mass is 398 g/mol. The molecule has 0 unspecified atom stereocenters. The van der Waals surface area contributed by atoms with E-state index in [1.165, 1.54) is 42.0 Å². The average molecular weight is 399 g/mol. The number of anilines is 2. The molecule has 0 aliphatic rings. The van der Waals surface area contributed by atoms with Crippen LogP contribution in [0.25, 0.3) is 0 Å². The highest BCUT2D eigenvalue weighted by molar-refractivity contribution is 7.99. The molecular weight excluding hydrogens is 380 g/mol. The van der Waals surface area contributed by atoms with Crippen molar-refractivity contribution in [3.05, 3.63) is 39.4 Å². The number of carbonyl (C=O) groups is 2. The van der Waals surface area contributed by atoms with Gasteiger partial charge in [-0.25, -0.2) is 4.98 Å². The fraction of sp³-hybridized carbons (Fsp3) is 0.353. The Labute approximate surface area is 160 Å². The molecule has 0 bridgehead atoms. The second kappa shape index (κ2) is 8.69. The summed E-state index contributed by atoms with van der Waals surface area (Å²) in [5.74, 6) is 0.408. The molecule has 0 saturated carbocycles. The number of halogens is 1. The first-order valence-corrected chi connectivity index (χ1v) is 9.91. The molecule has 1 aromatic heterocycles. The Bertz CT molecular complexity index is 769. The standard InChI is InChI=1S/C17H19ClN2O3S2/c1-10-5-11(2)16(14(18)6-10)20(12(3)21)17-19-13(8-25-17)7-24-9-15(22)23-4/h5-6,8H,7,9H2,1-4H3. The minimum atomic E-state index is -0.270. The lowest BCUT2D eigenvalue weighted by Gasteiger charge is -2.22. The summed E-state index contributed by atoms with van der Waals surface area (Å²) < 4.78 is 4.61. The fourth-order valence-electron chi connectivity index (χ4n) is 2.34. The van der Waals surface area contributed by atoms with E-state index in [0.29, 0.717) is 21.6 Å². The van der Waals surface area contributed by atoms with Crippen LogP contribution in [-0.4, -0.2) is 29.7 Å². The van der Waals surface area contributed by atoms with E-state index in [0.717, 1.165) is 16.8 Å². The van der Waals surface area contributed by atoms with E-state index in [2.05, 4.69) is 9.72 Å². The molecule has 0 radical (unpaired) electrons. The molecule has 8 heteroatoms. The number of amides is 1. The van der Waals surface area contributed by atoms with Crippen LogP contribution in [0.3, 0.4) is 0 Å². The van der Waals surface area contributed by atoms with E-state index in [1.807, 2.05) is 31.4 Å². The lowest BCUT2D eigenvalue weighted by atomic mass is 10.1. The van der Waals surface area contributed by atoms with E-state index in [1.54, 1.807) is 0 Å². The van der Waals surface area contributed by atoms with Gasteiger partial charge in [0.05, 0.1) is 29.3 Å². The molecule has 0 spiro atoms. The highest BCUT2D eigenvalue weighted by Gasteiger charge is 2.22. The van der Waals surface area contributed by atoms with Gasteiger partial charge in [0.25, 0.3) is 0 Å². The summed E-state index contributed by atoms with van der Waals surface area (Å²) in [6.45, 7) is 5.37. The minimum Gasteiger partial charge on any atom is -0.468 e. The molecule has 1 heterocycles. The third-order valence-electron chi connectivity index (χ3n) is 3.37. The molecule has 0 saturated heterocycles. The van der Waals surface area contributed by atoms with Crippen molar-refractivity contribution in [3.8, 4) is 0 Å². The molecule has 0 fully saturated rings. The molecule has 134 valence electrons. The van der Waals surface area contributed by atoms with Crippen molar-refractivity contribution < 1.29 is 14.3 Å². The molecule has 2 rings (SSSR count). The highest BCUT2D eigenvalue weighted by Crippen LogP contribution is 2.37. The van der Waals surface area contributed by atoms with E-state index in [4.69, 9.17) is 11.6 Å². The maximum Gasteiger partial charge on any atom is 0.315 e. The molecule has 1 amide bonds. The van der Waals surface area contributed by atoms with Gasteiger partial charge in [-0.2, -0.15) is 0 Å². The average Bonchev–Trinajstić information content (AvgIpc) is 2.98.